The third-order valence-electron chi connectivity index (χ3n) is 6.24. The smallest absolute Gasteiger partial charge is 0.410 e. The number of aromatic amines is 1. The molecule has 2 aromatic heterocycles. The zero-order valence-electron chi connectivity index (χ0n) is 24.1. The van der Waals surface area contributed by atoms with E-state index in [4.69, 9.17) is 4.74 Å². The van der Waals surface area contributed by atoms with Gasteiger partial charge in [0.1, 0.15) is 5.69 Å². The molecule has 214 valence electrons. The van der Waals surface area contributed by atoms with Crippen molar-refractivity contribution in [3.8, 4) is 0 Å². The normalized spacial score (nSPS) is 12.1. The number of rotatable bonds is 11. The molecule has 0 saturated heterocycles. The highest BCUT2D eigenvalue weighted by Crippen LogP contribution is 2.22. The number of para-hydroxylation sites is 1. The first kappa shape index (κ1) is 30.2. The molecule has 0 radical (unpaired) electrons. The summed E-state index contributed by atoms with van der Waals surface area (Å²) in [5.74, 6) is -0.304. The minimum atomic E-state index is -1.16. The van der Waals surface area contributed by atoms with Gasteiger partial charge in [0.2, 0.25) is 5.91 Å². The van der Waals surface area contributed by atoms with Gasteiger partial charge in [0.15, 0.2) is 6.10 Å². The van der Waals surface area contributed by atoms with E-state index >= 15 is 0 Å². The number of H-pyrrole nitrogens is 1. The average molecular weight is 550 g/mol. The first-order valence-corrected chi connectivity index (χ1v) is 13.3. The summed E-state index contributed by atoms with van der Waals surface area (Å²) < 4.78 is 6.88. The van der Waals surface area contributed by atoms with Gasteiger partial charge >= 0.3 is 6.09 Å². The minimum absolute atomic E-state index is 0.0772. The van der Waals surface area contributed by atoms with E-state index in [2.05, 4.69) is 30.2 Å². The van der Waals surface area contributed by atoms with Gasteiger partial charge in [-0.3, -0.25) is 14.4 Å². The zero-order valence-corrected chi connectivity index (χ0v) is 24.1. The summed E-state index contributed by atoms with van der Waals surface area (Å²) in [4.78, 5) is 56.4. The largest absolute Gasteiger partial charge is 0.436 e. The molecule has 10 heteroatoms. The van der Waals surface area contributed by atoms with Crippen LogP contribution in [0.5, 0.6) is 0 Å². The van der Waals surface area contributed by atoms with E-state index in [1.807, 2.05) is 18.2 Å². The fraction of sp³-hybridized carbons (Fsp3) is 0.400. The van der Waals surface area contributed by atoms with E-state index in [0.717, 1.165) is 23.0 Å². The SMILES string of the molecule is CC(C)Cc1cccc2cc(Cn3cccc(NC(=O)C(CC/C=C/C(=O)N(C)C)OC(=O)N(C)C)c3=O)[nH]c12. The summed E-state index contributed by atoms with van der Waals surface area (Å²) in [5, 5.41) is 3.71. The van der Waals surface area contributed by atoms with E-state index in [-0.39, 0.29) is 23.6 Å². The van der Waals surface area contributed by atoms with Crippen LogP contribution in [0.1, 0.15) is 37.9 Å². The highest BCUT2D eigenvalue weighted by Gasteiger charge is 2.24. The van der Waals surface area contributed by atoms with Gasteiger partial charge in [0, 0.05) is 45.6 Å². The maximum atomic E-state index is 13.3. The number of allylic oxidation sites excluding steroid dienone is 1. The quantitative estimate of drug-likeness (QED) is 0.351. The number of nitrogens with zero attached hydrogens (tertiary/aromatic N) is 3. The maximum absolute atomic E-state index is 13.3. The molecule has 3 amide bonds. The van der Waals surface area contributed by atoms with Crippen LogP contribution in [0, 0.1) is 5.92 Å². The molecule has 0 spiro atoms. The third kappa shape index (κ3) is 8.08. The molecular formula is C30H39N5O5. The third-order valence-corrected chi connectivity index (χ3v) is 6.24. The number of hydrogen-bond acceptors (Lipinski definition) is 5. The molecule has 0 fully saturated rings. The second kappa shape index (κ2) is 13.6. The fourth-order valence-corrected chi connectivity index (χ4v) is 4.18. The molecule has 0 aliphatic rings. The number of fused-ring (bicyclic) bond motifs is 1. The molecule has 3 rings (SSSR count). The molecule has 0 aliphatic heterocycles. The van der Waals surface area contributed by atoms with Crippen molar-refractivity contribution in [2.75, 3.05) is 33.5 Å². The molecule has 3 aromatic rings. The minimum Gasteiger partial charge on any atom is -0.436 e. The Hall–Kier alpha value is -4.34. The summed E-state index contributed by atoms with van der Waals surface area (Å²) in [6.45, 7) is 4.65. The number of carbonyl (C=O) groups excluding carboxylic acids is 3. The lowest BCUT2D eigenvalue weighted by Gasteiger charge is -2.19. The molecular weight excluding hydrogens is 510 g/mol. The van der Waals surface area contributed by atoms with Crippen LogP contribution in [-0.2, 0) is 27.3 Å². The summed E-state index contributed by atoms with van der Waals surface area (Å²) in [6.07, 6.45) is 4.23. The molecule has 10 nitrogen and oxygen atoms in total. The molecule has 2 N–H and O–H groups in total. The molecule has 2 heterocycles. The molecule has 1 aromatic carbocycles. The van der Waals surface area contributed by atoms with Crippen LogP contribution < -0.4 is 10.9 Å². The first-order chi connectivity index (χ1) is 19.0. The zero-order chi connectivity index (χ0) is 29.4. The Kier molecular flexibility index (Phi) is 10.3. The van der Waals surface area contributed by atoms with Crippen LogP contribution in [0.4, 0.5) is 10.5 Å². The number of likely N-dealkylation sites (N-methyl/N-ethyl adjacent to an activating group) is 1. The van der Waals surface area contributed by atoms with Gasteiger partial charge in [-0.25, -0.2) is 4.79 Å². The van der Waals surface area contributed by atoms with Crippen molar-refractivity contribution < 1.29 is 19.1 Å². The van der Waals surface area contributed by atoms with Crippen molar-refractivity contribution in [3.05, 3.63) is 76.4 Å². The van der Waals surface area contributed by atoms with E-state index in [9.17, 15) is 19.2 Å². The number of pyridine rings is 1. The fourth-order valence-electron chi connectivity index (χ4n) is 4.18. The number of benzene rings is 1. The lowest BCUT2D eigenvalue weighted by atomic mass is 10.0. The predicted octanol–water partition coefficient (Wildman–Crippen LogP) is 4.01. The Morgan fingerprint density at radius 2 is 1.82 bits per heavy atom. The van der Waals surface area contributed by atoms with Crippen molar-refractivity contribution in [2.45, 2.75) is 45.8 Å². The van der Waals surface area contributed by atoms with Gasteiger partial charge in [0.25, 0.3) is 11.5 Å². The molecule has 1 unspecified atom stereocenters. The monoisotopic (exact) mass is 549 g/mol. The number of amides is 3. The van der Waals surface area contributed by atoms with E-state index < -0.39 is 18.1 Å². The number of hydrogen-bond donors (Lipinski definition) is 2. The Balaban J connectivity index is 1.77. The summed E-state index contributed by atoms with van der Waals surface area (Å²) in [6, 6.07) is 11.4. The molecule has 0 aliphatic carbocycles. The van der Waals surface area contributed by atoms with Crippen molar-refractivity contribution in [3.63, 3.8) is 0 Å². The van der Waals surface area contributed by atoms with Gasteiger partial charge in [0.05, 0.1) is 6.54 Å². The Bertz CT molecular complexity index is 1430. The van der Waals surface area contributed by atoms with Gasteiger partial charge < -0.3 is 29.4 Å². The van der Waals surface area contributed by atoms with Crippen molar-refractivity contribution in [1.82, 2.24) is 19.4 Å². The van der Waals surface area contributed by atoms with Gasteiger partial charge in [-0.2, -0.15) is 0 Å². The number of aromatic nitrogens is 2. The highest BCUT2D eigenvalue weighted by atomic mass is 16.6. The molecule has 1 atom stereocenters. The Morgan fingerprint density at radius 1 is 1.07 bits per heavy atom. The number of nitrogens with one attached hydrogen (secondary N) is 2. The van der Waals surface area contributed by atoms with Crippen LogP contribution >= 0.6 is 0 Å². The first-order valence-electron chi connectivity index (χ1n) is 13.3. The summed E-state index contributed by atoms with van der Waals surface area (Å²) in [7, 11) is 6.30. The number of carbonyl (C=O) groups is 3. The van der Waals surface area contributed by atoms with Crippen molar-refractivity contribution in [1.29, 1.82) is 0 Å². The second-order valence-corrected chi connectivity index (χ2v) is 10.6. The van der Waals surface area contributed by atoms with Gasteiger partial charge in [-0.1, -0.05) is 38.1 Å². The topological polar surface area (TPSA) is 117 Å². The van der Waals surface area contributed by atoms with Gasteiger partial charge in [-0.15, -0.1) is 0 Å². The van der Waals surface area contributed by atoms with Crippen LogP contribution in [0.25, 0.3) is 10.9 Å². The van der Waals surface area contributed by atoms with Crippen molar-refractivity contribution >= 4 is 34.5 Å². The van der Waals surface area contributed by atoms with E-state index in [1.165, 1.54) is 46.2 Å². The Morgan fingerprint density at radius 3 is 2.50 bits per heavy atom. The molecule has 0 saturated carbocycles. The predicted molar refractivity (Wildman–Crippen MR) is 156 cm³/mol. The summed E-state index contributed by atoms with van der Waals surface area (Å²) >= 11 is 0. The number of anilines is 1. The lowest BCUT2D eigenvalue weighted by Crippen LogP contribution is -2.37. The summed E-state index contributed by atoms with van der Waals surface area (Å²) in [5.41, 5.74) is 2.86. The van der Waals surface area contributed by atoms with Crippen LogP contribution in [0.3, 0.4) is 0 Å². The van der Waals surface area contributed by atoms with E-state index in [0.29, 0.717) is 18.9 Å². The highest BCUT2D eigenvalue weighted by molar-refractivity contribution is 5.95. The van der Waals surface area contributed by atoms with Crippen LogP contribution in [0.2, 0.25) is 0 Å². The van der Waals surface area contributed by atoms with E-state index in [1.54, 1.807) is 32.4 Å². The van der Waals surface area contributed by atoms with Crippen LogP contribution in [-0.4, -0.2) is 71.6 Å². The molecule has 40 heavy (non-hydrogen) atoms. The van der Waals surface area contributed by atoms with Crippen molar-refractivity contribution in [2.24, 2.45) is 5.92 Å². The number of ether oxygens (including phenoxy) is 1. The maximum Gasteiger partial charge on any atom is 0.410 e. The van der Waals surface area contributed by atoms with Crippen LogP contribution in [0.15, 0.2) is 59.5 Å². The lowest BCUT2D eigenvalue weighted by molar-refractivity contribution is -0.125. The second-order valence-electron chi connectivity index (χ2n) is 10.6. The standard InChI is InChI=1S/C30H39N5O5/c1-20(2)17-21-11-9-12-22-18-23(31-27(21)22)19-35-16-10-13-24(29(35)38)32-28(37)25(40-30(39)34(5)6)14-7-8-15-26(36)33(3)4/h8-13,15-16,18,20,25,31H,7,14,17,19H2,1-6H3,(H,32,37)/b15-8+. The molecule has 0 bridgehead atoms. The Labute approximate surface area is 234 Å². The average Bonchev–Trinajstić information content (AvgIpc) is 3.31. The van der Waals surface area contributed by atoms with Gasteiger partial charge in [-0.05, 0) is 60.4 Å².